The van der Waals surface area contributed by atoms with Crippen molar-refractivity contribution >= 4 is 11.6 Å². The minimum atomic E-state index is -0.302. The molecule has 0 aliphatic carbocycles. The molecule has 0 radical (unpaired) electrons. The van der Waals surface area contributed by atoms with Crippen LogP contribution in [-0.4, -0.2) is 17.0 Å². The van der Waals surface area contributed by atoms with Crippen LogP contribution in [0, 0.1) is 5.82 Å². The van der Waals surface area contributed by atoms with Crippen molar-refractivity contribution in [1.82, 2.24) is 15.3 Å². The Morgan fingerprint density at radius 2 is 2.29 bits per heavy atom. The van der Waals surface area contributed by atoms with Crippen LogP contribution in [0.1, 0.15) is 17.1 Å². The first kappa shape index (κ1) is 12.1. The summed E-state index contributed by atoms with van der Waals surface area (Å²) in [4.78, 5) is 7.31. The van der Waals surface area contributed by atoms with Gasteiger partial charge < -0.3 is 10.3 Å². The second-order valence-electron chi connectivity index (χ2n) is 3.76. The summed E-state index contributed by atoms with van der Waals surface area (Å²) in [6.45, 7) is 0.706. The van der Waals surface area contributed by atoms with Gasteiger partial charge in [0, 0.05) is 35.4 Å². The molecule has 0 atom stereocenters. The summed E-state index contributed by atoms with van der Waals surface area (Å²) in [7, 11) is 1.86. The Hall–Kier alpha value is -1.39. The molecule has 2 rings (SSSR count). The van der Waals surface area contributed by atoms with Crippen molar-refractivity contribution in [2.24, 2.45) is 0 Å². The summed E-state index contributed by atoms with van der Waals surface area (Å²) >= 11 is 5.95. The summed E-state index contributed by atoms with van der Waals surface area (Å²) < 4.78 is 13.6. The molecular formula is C12H13ClFN3. The number of hydrogen-bond donors (Lipinski definition) is 2. The lowest BCUT2D eigenvalue weighted by Gasteiger charge is -2.03. The number of nitrogens with zero attached hydrogens (tertiary/aromatic N) is 1. The average Bonchev–Trinajstić information content (AvgIpc) is 2.72. The summed E-state index contributed by atoms with van der Waals surface area (Å²) in [5.74, 6) is 0.409. The van der Waals surface area contributed by atoms with Crippen molar-refractivity contribution in [2.45, 2.75) is 13.0 Å². The molecule has 1 aromatic heterocycles. The molecule has 2 N–H and O–H groups in total. The van der Waals surface area contributed by atoms with Crippen LogP contribution in [0.2, 0.25) is 5.02 Å². The topological polar surface area (TPSA) is 40.7 Å². The molecule has 17 heavy (non-hydrogen) atoms. The largest absolute Gasteiger partial charge is 0.345 e. The van der Waals surface area contributed by atoms with E-state index in [4.69, 9.17) is 11.6 Å². The molecule has 5 heteroatoms. The van der Waals surface area contributed by atoms with Gasteiger partial charge in [0.2, 0.25) is 0 Å². The van der Waals surface area contributed by atoms with Crippen LogP contribution in [0.4, 0.5) is 4.39 Å². The SMILES string of the molecule is CNCc1cnc(Cc2c(F)cccc2Cl)[nH]1. The van der Waals surface area contributed by atoms with Crippen molar-refractivity contribution in [3.8, 4) is 0 Å². The fraction of sp³-hybridized carbons (Fsp3) is 0.250. The second-order valence-corrected chi connectivity index (χ2v) is 4.17. The zero-order valence-corrected chi connectivity index (χ0v) is 10.2. The molecule has 1 aromatic carbocycles. The lowest BCUT2D eigenvalue weighted by molar-refractivity contribution is 0.612. The highest BCUT2D eigenvalue weighted by Crippen LogP contribution is 2.21. The Morgan fingerprint density at radius 1 is 1.47 bits per heavy atom. The normalized spacial score (nSPS) is 10.8. The van der Waals surface area contributed by atoms with Crippen LogP contribution >= 0.6 is 11.6 Å². The molecule has 0 fully saturated rings. The Kier molecular flexibility index (Phi) is 3.76. The molecule has 2 aromatic rings. The van der Waals surface area contributed by atoms with E-state index in [-0.39, 0.29) is 5.82 Å². The van der Waals surface area contributed by atoms with Crippen LogP contribution < -0.4 is 5.32 Å². The number of imidazole rings is 1. The number of halogens is 2. The molecule has 0 saturated heterocycles. The van der Waals surface area contributed by atoms with Crippen LogP contribution in [0.5, 0.6) is 0 Å². The molecule has 90 valence electrons. The molecule has 3 nitrogen and oxygen atoms in total. The first-order valence-corrected chi connectivity index (χ1v) is 5.68. The summed E-state index contributed by atoms with van der Waals surface area (Å²) in [5, 5.41) is 3.44. The van der Waals surface area contributed by atoms with Crippen molar-refractivity contribution in [3.05, 3.63) is 52.3 Å². The molecule has 0 spiro atoms. The van der Waals surface area contributed by atoms with Crippen molar-refractivity contribution in [3.63, 3.8) is 0 Å². The van der Waals surface area contributed by atoms with Gasteiger partial charge in [0.25, 0.3) is 0 Å². The number of hydrogen-bond acceptors (Lipinski definition) is 2. The van der Waals surface area contributed by atoms with Gasteiger partial charge >= 0.3 is 0 Å². The quantitative estimate of drug-likeness (QED) is 0.879. The third-order valence-corrected chi connectivity index (χ3v) is 2.81. The maximum absolute atomic E-state index is 13.6. The van der Waals surface area contributed by atoms with Gasteiger partial charge in [0.05, 0.1) is 0 Å². The smallest absolute Gasteiger partial charge is 0.128 e. The van der Waals surface area contributed by atoms with Crippen LogP contribution in [0.15, 0.2) is 24.4 Å². The Bertz CT molecular complexity index is 490. The number of aromatic nitrogens is 2. The third-order valence-electron chi connectivity index (χ3n) is 2.45. The average molecular weight is 254 g/mol. The van der Waals surface area contributed by atoms with Gasteiger partial charge in [-0.1, -0.05) is 17.7 Å². The van der Waals surface area contributed by atoms with Gasteiger partial charge in [-0.3, -0.25) is 0 Å². The maximum Gasteiger partial charge on any atom is 0.128 e. The highest BCUT2D eigenvalue weighted by atomic mass is 35.5. The molecule has 0 amide bonds. The van der Waals surface area contributed by atoms with E-state index in [0.29, 0.717) is 29.4 Å². The van der Waals surface area contributed by atoms with Gasteiger partial charge in [0.15, 0.2) is 0 Å². The highest BCUT2D eigenvalue weighted by molar-refractivity contribution is 6.31. The first-order valence-electron chi connectivity index (χ1n) is 5.31. The van der Waals surface area contributed by atoms with E-state index < -0.39 is 0 Å². The van der Waals surface area contributed by atoms with Gasteiger partial charge in [0.1, 0.15) is 11.6 Å². The van der Waals surface area contributed by atoms with Gasteiger partial charge in [-0.2, -0.15) is 0 Å². The Morgan fingerprint density at radius 3 is 3.00 bits per heavy atom. The zero-order valence-electron chi connectivity index (χ0n) is 9.43. The third kappa shape index (κ3) is 2.84. The molecular weight excluding hydrogens is 241 g/mol. The monoisotopic (exact) mass is 253 g/mol. The fourth-order valence-electron chi connectivity index (χ4n) is 1.64. The van der Waals surface area contributed by atoms with Crippen LogP contribution in [0.3, 0.4) is 0 Å². The second kappa shape index (κ2) is 5.29. The van der Waals surface area contributed by atoms with E-state index in [9.17, 15) is 4.39 Å². The molecule has 0 aliphatic heterocycles. The molecule has 0 bridgehead atoms. The Balaban J connectivity index is 2.19. The zero-order chi connectivity index (χ0) is 12.3. The predicted octanol–water partition coefficient (Wildman–Crippen LogP) is 2.51. The summed E-state index contributed by atoms with van der Waals surface area (Å²) in [6, 6.07) is 4.67. The van der Waals surface area contributed by atoms with E-state index >= 15 is 0 Å². The lowest BCUT2D eigenvalue weighted by Crippen LogP contribution is -2.05. The number of H-pyrrole nitrogens is 1. The summed E-state index contributed by atoms with van der Waals surface area (Å²) in [5.41, 5.74) is 1.44. The van der Waals surface area contributed by atoms with Crippen molar-refractivity contribution in [2.75, 3.05) is 7.05 Å². The number of aromatic amines is 1. The van der Waals surface area contributed by atoms with E-state index in [1.54, 1.807) is 18.3 Å². The minimum absolute atomic E-state index is 0.302. The van der Waals surface area contributed by atoms with E-state index in [0.717, 1.165) is 5.69 Å². The van der Waals surface area contributed by atoms with Gasteiger partial charge in [-0.05, 0) is 19.2 Å². The van der Waals surface area contributed by atoms with E-state index in [1.807, 2.05) is 7.05 Å². The summed E-state index contributed by atoms with van der Waals surface area (Å²) in [6.07, 6.45) is 2.11. The number of rotatable bonds is 4. The first-order chi connectivity index (χ1) is 8.20. The number of benzene rings is 1. The molecule has 0 unspecified atom stereocenters. The van der Waals surface area contributed by atoms with Crippen LogP contribution in [0.25, 0.3) is 0 Å². The molecule has 0 aliphatic rings. The van der Waals surface area contributed by atoms with Crippen molar-refractivity contribution in [1.29, 1.82) is 0 Å². The van der Waals surface area contributed by atoms with Crippen LogP contribution in [-0.2, 0) is 13.0 Å². The van der Waals surface area contributed by atoms with Gasteiger partial charge in [-0.25, -0.2) is 9.37 Å². The Labute approximate surface area is 104 Å². The molecule has 1 heterocycles. The standard InChI is InChI=1S/C12H13ClFN3/c1-15-6-8-7-16-12(17-8)5-9-10(13)3-2-4-11(9)14/h2-4,7,15H,5-6H2,1H3,(H,16,17). The lowest BCUT2D eigenvalue weighted by atomic mass is 10.1. The highest BCUT2D eigenvalue weighted by Gasteiger charge is 2.09. The maximum atomic E-state index is 13.6. The fourth-order valence-corrected chi connectivity index (χ4v) is 1.87. The minimum Gasteiger partial charge on any atom is -0.345 e. The van der Waals surface area contributed by atoms with E-state index in [1.165, 1.54) is 6.07 Å². The van der Waals surface area contributed by atoms with E-state index in [2.05, 4.69) is 15.3 Å². The predicted molar refractivity (Wildman–Crippen MR) is 65.6 cm³/mol. The molecule has 0 saturated carbocycles. The van der Waals surface area contributed by atoms with Gasteiger partial charge in [-0.15, -0.1) is 0 Å². The van der Waals surface area contributed by atoms with Crippen molar-refractivity contribution < 1.29 is 4.39 Å². The number of nitrogens with one attached hydrogen (secondary N) is 2.